The number of nitrogens with zero attached hydrogens (tertiary/aromatic N) is 1. The molecule has 106 valence electrons. The zero-order chi connectivity index (χ0) is 14.5. The average molecular weight is 272 g/mol. The molecule has 0 fully saturated rings. The molecular formula is C17H21FN2. The summed E-state index contributed by atoms with van der Waals surface area (Å²) in [5.74, 6) is -0.185. The van der Waals surface area contributed by atoms with E-state index in [1.807, 2.05) is 68.3 Å². The van der Waals surface area contributed by atoms with Crippen LogP contribution in [0.3, 0.4) is 0 Å². The van der Waals surface area contributed by atoms with Crippen molar-refractivity contribution in [2.75, 3.05) is 18.5 Å². The summed E-state index contributed by atoms with van der Waals surface area (Å²) in [4.78, 5) is 1.98. The van der Waals surface area contributed by atoms with Crippen LogP contribution in [0.2, 0.25) is 0 Å². The molecule has 0 aliphatic rings. The van der Waals surface area contributed by atoms with Crippen molar-refractivity contribution in [2.45, 2.75) is 19.9 Å². The van der Waals surface area contributed by atoms with Crippen LogP contribution in [0, 0.1) is 5.82 Å². The molecule has 0 heterocycles. The Hall–Kier alpha value is -1.87. The van der Waals surface area contributed by atoms with Crippen LogP contribution in [-0.4, -0.2) is 13.6 Å². The van der Waals surface area contributed by atoms with E-state index in [0.717, 1.165) is 17.8 Å². The van der Waals surface area contributed by atoms with Crippen LogP contribution in [0.15, 0.2) is 48.5 Å². The highest BCUT2D eigenvalue weighted by atomic mass is 19.1. The van der Waals surface area contributed by atoms with Gasteiger partial charge in [-0.05, 0) is 50.7 Å². The van der Waals surface area contributed by atoms with Crippen molar-refractivity contribution in [1.82, 2.24) is 5.32 Å². The van der Waals surface area contributed by atoms with Crippen molar-refractivity contribution in [3.8, 4) is 0 Å². The van der Waals surface area contributed by atoms with Gasteiger partial charge in [0, 0.05) is 18.3 Å². The predicted octanol–water partition coefficient (Wildman–Crippen LogP) is 4.26. The topological polar surface area (TPSA) is 15.3 Å². The van der Waals surface area contributed by atoms with Gasteiger partial charge in [0.25, 0.3) is 0 Å². The Morgan fingerprint density at radius 3 is 2.40 bits per heavy atom. The average Bonchev–Trinajstić information content (AvgIpc) is 2.49. The highest BCUT2D eigenvalue weighted by Crippen LogP contribution is 2.29. The molecule has 0 spiro atoms. The number of halogens is 1. The van der Waals surface area contributed by atoms with E-state index in [0.29, 0.717) is 5.69 Å². The van der Waals surface area contributed by atoms with E-state index in [4.69, 9.17) is 0 Å². The van der Waals surface area contributed by atoms with Gasteiger partial charge < -0.3 is 10.2 Å². The normalized spacial score (nSPS) is 12.2. The van der Waals surface area contributed by atoms with Crippen molar-refractivity contribution in [3.63, 3.8) is 0 Å². The SMILES string of the molecule is CCN(c1ccccc1)c1ccc(C(C)NC)cc1F. The minimum atomic E-state index is -0.185. The van der Waals surface area contributed by atoms with Gasteiger partial charge >= 0.3 is 0 Å². The van der Waals surface area contributed by atoms with Crippen LogP contribution in [0.1, 0.15) is 25.5 Å². The number of para-hydroxylation sites is 1. The third-order valence-corrected chi connectivity index (χ3v) is 3.58. The number of anilines is 2. The largest absolute Gasteiger partial charge is 0.339 e. The number of benzene rings is 2. The number of rotatable bonds is 5. The maximum Gasteiger partial charge on any atom is 0.147 e. The summed E-state index contributed by atoms with van der Waals surface area (Å²) in [5.41, 5.74) is 2.58. The molecule has 20 heavy (non-hydrogen) atoms. The lowest BCUT2D eigenvalue weighted by molar-refractivity contribution is 0.607. The van der Waals surface area contributed by atoms with Crippen molar-refractivity contribution in [2.24, 2.45) is 0 Å². The van der Waals surface area contributed by atoms with E-state index in [-0.39, 0.29) is 11.9 Å². The highest BCUT2D eigenvalue weighted by Gasteiger charge is 2.13. The molecule has 2 rings (SSSR count). The summed E-state index contributed by atoms with van der Waals surface area (Å²) in [6.07, 6.45) is 0. The van der Waals surface area contributed by atoms with Crippen LogP contribution < -0.4 is 10.2 Å². The summed E-state index contributed by atoms with van der Waals surface area (Å²) >= 11 is 0. The Morgan fingerprint density at radius 1 is 1.15 bits per heavy atom. The monoisotopic (exact) mass is 272 g/mol. The van der Waals surface area contributed by atoms with Crippen LogP contribution in [-0.2, 0) is 0 Å². The van der Waals surface area contributed by atoms with Crippen LogP contribution >= 0.6 is 0 Å². The molecule has 0 amide bonds. The summed E-state index contributed by atoms with van der Waals surface area (Å²) < 4.78 is 14.4. The maximum absolute atomic E-state index is 14.4. The summed E-state index contributed by atoms with van der Waals surface area (Å²) in [6.45, 7) is 4.77. The van der Waals surface area contributed by atoms with Gasteiger partial charge in [0.05, 0.1) is 5.69 Å². The molecule has 1 N–H and O–H groups in total. The van der Waals surface area contributed by atoms with Gasteiger partial charge in [-0.15, -0.1) is 0 Å². The third-order valence-electron chi connectivity index (χ3n) is 3.58. The number of hydrogen-bond acceptors (Lipinski definition) is 2. The fourth-order valence-corrected chi connectivity index (χ4v) is 2.28. The molecule has 0 aromatic heterocycles. The predicted molar refractivity (Wildman–Crippen MR) is 83.0 cm³/mol. The molecule has 2 aromatic rings. The molecule has 0 saturated heterocycles. The lowest BCUT2D eigenvalue weighted by atomic mass is 10.1. The summed E-state index contributed by atoms with van der Waals surface area (Å²) in [7, 11) is 1.87. The Morgan fingerprint density at radius 2 is 1.85 bits per heavy atom. The second-order valence-electron chi connectivity index (χ2n) is 4.80. The Labute approximate surface area is 120 Å². The van der Waals surface area contributed by atoms with Gasteiger partial charge in [-0.1, -0.05) is 24.3 Å². The molecule has 0 bridgehead atoms. The van der Waals surface area contributed by atoms with Gasteiger partial charge in [0.1, 0.15) is 5.82 Å². The van der Waals surface area contributed by atoms with Crippen molar-refractivity contribution < 1.29 is 4.39 Å². The molecule has 0 saturated carbocycles. The zero-order valence-electron chi connectivity index (χ0n) is 12.2. The molecular weight excluding hydrogens is 251 g/mol. The first-order chi connectivity index (χ1) is 9.67. The van der Waals surface area contributed by atoms with Crippen molar-refractivity contribution >= 4 is 11.4 Å². The quantitative estimate of drug-likeness (QED) is 0.874. The fraction of sp³-hybridized carbons (Fsp3) is 0.294. The molecule has 2 nitrogen and oxygen atoms in total. The summed E-state index contributed by atoms with van der Waals surface area (Å²) in [6, 6.07) is 15.5. The van der Waals surface area contributed by atoms with Crippen molar-refractivity contribution in [1.29, 1.82) is 0 Å². The molecule has 1 atom stereocenters. The fourth-order valence-electron chi connectivity index (χ4n) is 2.28. The first kappa shape index (κ1) is 14.5. The van der Waals surface area contributed by atoms with E-state index in [1.165, 1.54) is 0 Å². The van der Waals surface area contributed by atoms with Gasteiger partial charge in [-0.3, -0.25) is 0 Å². The highest BCUT2D eigenvalue weighted by molar-refractivity contribution is 5.64. The van der Waals surface area contributed by atoms with Crippen LogP contribution in [0.4, 0.5) is 15.8 Å². The lowest BCUT2D eigenvalue weighted by Crippen LogP contribution is -2.18. The molecule has 1 unspecified atom stereocenters. The Balaban J connectivity index is 2.36. The molecule has 0 radical (unpaired) electrons. The molecule has 0 aliphatic heterocycles. The van der Waals surface area contributed by atoms with Gasteiger partial charge in [-0.2, -0.15) is 0 Å². The smallest absolute Gasteiger partial charge is 0.147 e. The van der Waals surface area contributed by atoms with Crippen LogP contribution in [0.5, 0.6) is 0 Å². The Kier molecular flexibility index (Phi) is 4.74. The third kappa shape index (κ3) is 2.99. The summed E-state index contributed by atoms with van der Waals surface area (Å²) in [5, 5.41) is 3.12. The van der Waals surface area contributed by atoms with Gasteiger partial charge in [0.2, 0.25) is 0 Å². The van der Waals surface area contributed by atoms with E-state index in [2.05, 4.69) is 5.32 Å². The van der Waals surface area contributed by atoms with Crippen LogP contribution in [0.25, 0.3) is 0 Å². The second-order valence-corrected chi connectivity index (χ2v) is 4.80. The second kappa shape index (κ2) is 6.53. The van der Waals surface area contributed by atoms with E-state index in [9.17, 15) is 4.39 Å². The van der Waals surface area contributed by atoms with E-state index >= 15 is 0 Å². The van der Waals surface area contributed by atoms with Gasteiger partial charge in [0.15, 0.2) is 0 Å². The first-order valence-electron chi connectivity index (χ1n) is 6.96. The standard InChI is InChI=1S/C17H21FN2/c1-4-20(15-8-6-5-7-9-15)17-11-10-14(12-16(17)18)13(2)19-3/h5-13,19H,4H2,1-3H3. The molecule has 0 aliphatic carbocycles. The van der Waals surface area contributed by atoms with Crippen molar-refractivity contribution in [3.05, 3.63) is 59.9 Å². The molecule has 3 heteroatoms. The Bertz CT molecular complexity index is 554. The van der Waals surface area contributed by atoms with E-state index < -0.39 is 0 Å². The maximum atomic E-state index is 14.4. The molecule has 2 aromatic carbocycles. The lowest BCUT2D eigenvalue weighted by Gasteiger charge is -2.24. The minimum absolute atomic E-state index is 0.144. The first-order valence-corrected chi connectivity index (χ1v) is 6.96. The van der Waals surface area contributed by atoms with E-state index in [1.54, 1.807) is 6.07 Å². The zero-order valence-corrected chi connectivity index (χ0v) is 12.2. The van der Waals surface area contributed by atoms with Gasteiger partial charge in [-0.25, -0.2) is 4.39 Å². The number of hydrogen-bond donors (Lipinski definition) is 1. The number of nitrogens with one attached hydrogen (secondary N) is 1. The minimum Gasteiger partial charge on any atom is -0.339 e.